The van der Waals surface area contributed by atoms with Crippen LogP contribution < -0.4 is 16.0 Å². The first-order chi connectivity index (χ1) is 13.9. The molecule has 0 aliphatic carbocycles. The zero-order chi connectivity index (χ0) is 21.0. The van der Waals surface area contributed by atoms with E-state index in [1.54, 1.807) is 56.3 Å². The third kappa shape index (κ3) is 4.62. The fourth-order valence-corrected chi connectivity index (χ4v) is 3.06. The SMILES string of the molecule is CCOC(=O)[C@@H](C)Oc1ccc(C=Nn2c(=O)[nH]c3ccccc3c2=O)cc1Br. The second-order valence-electron chi connectivity index (χ2n) is 6.04. The van der Waals surface area contributed by atoms with Gasteiger partial charge in [0, 0.05) is 0 Å². The Morgan fingerprint density at radius 3 is 2.76 bits per heavy atom. The molecule has 1 atom stereocenters. The second-order valence-corrected chi connectivity index (χ2v) is 6.89. The normalized spacial score (nSPS) is 12.2. The fraction of sp³-hybridized carbons (Fsp3) is 0.200. The maximum Gasteiger partial charge on any atom is 0.349 e. The molecule has 3 rings (SSSR count). The Bertz CT molecular complexity index is 1200. The van der Waals surface area contributed by atoms with Gasteiger partial charge in [-0.25, -0.2) is 9.59 Å². The van der Waals surface area contributed by atoms with Crippen LogP contribution in [0.25, 0.3) is 10.9 Å². The number of carbonyl (C=O) groups is 1. The van der Waals surface area contributed by atoms with Gasteiger partial charge in [0.05, 0.1) is 28.2 Å². The van der Waals surface area contributed by atoms with E-state index in [2.05, 4.69) is 26.0 Å². The van der Waals surface area contributed by atoms with E-state index in [4.69, 9.17) is 9.47 Å². The summed E-state index contributed by atoms with van der Waals surface area (Å²) in [6.45, 7) is 3.59. The molecule has 0 saturated carbocycles. The summed E-state index contributed by atoms with van der Waals surface area (Å²) in [5.74, 6) is -0.0108. The molecule has 0 saturated heterocycles. The lowest BCUT2D eigenvalue weighted by Crippen LogP contribution is -2.32. The van der Waals surface area contributed by atoms with Gasteiger partial charge in [-0.3, -0.25) is 4.79 Å². The summed E-state index contributed by atoms with van der Waals surface area (Å²) in [4.78, 5) is 39.0. The third-order valence-electron chi connectivity index (χ3n) is 3.98. The summed E-state index contributed by atoms with van der Waals surface area (Å²) in [6.07, 6.45) is 0.620. The van der Waals surface area contributed by atoms with Gasteiger partial charge in [0.2, 0.25) is 0 Å². The van der Waals surface area contributed by atoms with Crippen molar-refractivity contribution in [2.24, 2.45) is 5.10 Å². The van der Waals surface area contributed by atoms with Crippen molar-refractivity contribution in [1.29, 1.82) is 0 Å². The van der Waals surface area contributed by atoms with Crippen LogP contribution in [-0.4, -0.2) is 34.6 Å². The number of aromatic amines is 1. The highest BCUT2D eigenvalue weighted by Crippen LogP contribution is 2.26. The fourth-order valence-electron chi connectivity index (χ4n) is 2.57. The molecular weight excluding hydrogens is 442 g/mol. The number of aromatic nitrogens is 2. The quantitative estimate of drug-likeness (QED) is 0.450. The van der Waals surface area contributed by atoms with Crippen LogP contribution in [0.4, 0.5) is 0 Å². The predicted molar refractivity (Wildman–Crippen MR) is 113 cm³/mol. The molecule has 0 aliphatic rings. The molecular formula is C20H18BrN3O5. The minimum Gasteiger partial charge on any atom is -0.478 e. The van der Waals surface area contributed by atoms with Crippen molar-refractivity contribution < 1.29 is 14.3 Å². The number of benzene rings is 2. The Balaban J connectivity index is 1.84. The Hall–Kier alpha value is -3.20. The summed E-state index contributed by atoms with van der Waals surface area (Å²) in [6, 6.07) is 11.7. The third-order valence-corrected chi connectivity index (χ3v) is 4.60. The van der Waals surface area contributed by atoms with E-state index in [1.165, 1.54) is 6.21 Å². The lowest BCUT2D eigenvalue weighted by atomic mass is 10.2. The molecule has 3 aromatic rings. The number of carbonyl (C=O) groups excluding carboxylic acids is 1. The molecule has 0 unspecified atom stereocenters. The van der Waals surface area contributed by atoms with Crippen LogP contribution in [0.1, 0.15) is 19.4 Å². The molecule has 1 heterocycles. The highest BCUT2D eigenvalue weighted by atomic mass is 79.9. The summed E-state index contributed by atoms with van der Waals surface area (Å²) in [5, 5.41) is 4.37. The van der Waals surface area contributed by atoms with Crippen LogP contribution in [0.2, 0.25) is 0 Å². The first-order valence-corrected chi connectivity index (χ1v) is 9.61. The van der Waals surface area contributed by atoms with Gasteiger partial charge in [0.15, 0.2) is 6.10 Å². The number of para-hydroxylation sites is 1. The highest BCUT2D eigenvalue weighted by Gasteiger charge is 2.17. The van der Waals surface area contributed by atoms with Gasteiger partial charge in [-0.15, -0.1) is 4.68 Å². The van der Waals surface area contributed by atoms with Crippen LogP contribution >= 0.6 is 15.9 Å². The van der Waals surface area contributed by atoms with Gasteiger partial charge < -0.3 is 14.5 Å². The maximum atomic E-state index is 12.5. The number of ether oxygens (including phenoxy) is 2. The van der Waals surface area contributed by atoms with Crippen LogP contribution in [-0.2, 0) is 9.53 Å². The first kappa shape index (κ1) is 20.5. The van der Waals surface area contributed by atoms with Gasteiger partial charge in [0.1, 0.15) is 5.75 Å². The number of rotatable bonds is 6. The topological polar surface area (TPSA) is 103 Å². The van der Waals surface area contributed by atoms with E-state index in [9.17, 15) is 14.4 Å². The van der Waals surface area contributed by atoms with Gasteiger partial charge in [-0.05, 0) is 65.7 Å². The van der Waals surface area contributed by atoms with E-state index in [-0.39, 0.29) is 6.61 Å². The minimum absolute atomic E-state index is 0.274. The average molecular weight is 460 g/mol. The molecule has 0 bridgehead atoms. The van der Waals surface area contributed by atoms with Crippen molar-refractivity contribution in [3.8, 4) is 5.75 Å². The van der Waals surface area contributed by atoms with Crippen LogP contribution in [0.5, 0.6) is 5.75 Å². The number of fused-ring (bicyclic) bond motifs is 1. The van der Waals surface area contributed by atoms with Crippen molar-refractivity contribution in [2.45, 2.75) is 20.0 Å². The van der Waals surface area contributed by atoms with E-state index < -0.39 is 23.3 Å². The molecule has 0 spiro atoms. The van der Waals surface area contributed by atoms with Crippen LogP contribution in [0, 0.1) is 0 Å². The molecule has 0 aliphatic heterocycles. The van der Waals surface area contributed by atoms with Crippen molar-refractivity contribution >= 4 is 39.0 Å². The number of halogens is 1. The first-order valence-electron chi connectivity index (χ1n) is 8.82. The number of hydrogen-bond donors (Lipinski definition) is 1. The Morgan fingerprint density at radius 2 is 2.03 bits per heavy atom. The predicted octanol–water partition coefficient (Wildman–Crippen LogP) is 2.66. The molecule has 0 amide bonds. The monoisotopic (exact) mass is 459 g/mol. The number of nitrogens with zero attached hydrogens (tertiary/aromatic N) is 2. The largest absolute Gasteiger partial charge is 0.478 e. The molecule has 150 valence electrons. The smallest absolute Gasteiger partial charge is 0.349 e. The van der Waals surface area contributed by atoms with Gasteiger partial charge in [-0.2, -0.15) is 5.10 Å². The Labute approximate surface area is 173 Å². The number of esters is 1. The molecule has 9 heteroatoms. The average Bonchev–Trinajstić information content (AvgIpc) is 2.70. The Morgan fingerprint density at radius 1 is 1.28 bits per heavy atom. The van der Waals surface area contributed by atoms with E-state index in [0.29, 0.717) is 26.7 Å². The summed E-state index contributed by atoms with van der Waals surface area (Å²) in [5.41, 5.74) is -0.0727. The molecule has 2 aromatic carbocycles. The zero-order valence-corrected chi connectivity index (χ0v) is 17.3. The lowest BCUT2D eigenvalue weighted by molar-refractivity contribution is -0.150. The molecule has 1 N–H and O–H groups in total. The Kier molecular flexibility index (Phi) is 6.28. The molecule has 29 heavy (non-hydrogen) atoms. The van der Waals surface area contributed by atoms with Crippen molar-refractivity contribution in [3.05, 3.63) is 73.3 Å². The zero-order valence-electron chi connectivity index (χ0n) is 15.7. The summed E-state index contributed by atoms with van der Waals surface area (Å²) in [7, 11) is 0. The van der Waals surface area contributed by atoms with E-state index >= 15 is 0 Å². The lowest BCUT2D eigenvalue weighted by Gasteiger charge is -2.14. The standard InChI is InChI=1S/C20H18BrN3O5/c1-3-28-19(26)12(2)29-17-9-8-13(10-15(17)21)11-22-24-18(25)14-6-4-5-7-16(14)23-20(24)27/h4-12H,3H2,1-2H3,(H,23,27)/t12-/m1/s1. The summed E-state index contributed by atoms with van der Waals surface area (Å²) < 4.78 is 11.9. The van der Waals surface area contributed by atoms with E-state index in [0.717, 1.165) is 4.68 Å². The van der Waals surface area contributed by atoms with E-state index in [1.807, 2.05) is 0 Å². The number of H-pyrrole nitrogens is 1. The van der Waals surface area contributed by atoms with Gasteiger partial charge in [0.25, 0.3) is 5.56 Å². The number of nitrogens with one attached hydrogen (secondary N) is 1. The van der Waals surface area contributed by atoms with Crippen molar-refractivity contribution in [2.75, 3.05) is 6.61 Å². The minimum atomic E-state index is -0.763. The maximum absolute atomic E-state index is 12.5. The molecule has 1 aromatic heterocycles. The molecule has 0 fully saturated rings. The van der Waals surface area contributed by atoms with Crippen LogP contribution in [0.3, 0.4) is 0 Å². The van der Waals surface area contributed by atoms with Gasteiger partial charge >= 0.3 is 11.7 Å². The van der Waals surface area contributed by atoms with Crippen LogP contribution in [0.15, 0.2) is 61.6 Å². The van der Waals surface area contributed by atoms with Crippen molar-refractivity contribution in [3.63, 3.8) is 0 Å². The summed E-state index contributed by atoms with van der Waals surface area (Å²) >= 11 is 3.38. The number of hydrogen-bond acceptors (Lipinski definition) is 6. The van der Waals surface area contributed by atoms with Gasteiger partial charge in [-0.1, -0.05) is 12.1 Å². The molecule has 0 radical (unpaired) electrons. The van der Waals surface area contributed by atoms with Crippen molar-refractivity contribution in [1.82, 2.24) is 9.66 Å². The molecule has 8 nitrogen and oxygen atoms in total. The second kappa shape index (κ2) is 8.87. The highest BCUT2D eigenvalue weighted by molar-refractivity contribution is 9.10.